The summed E-state index contributed by atoms with van der Waals surface area (Å²) in [6, 6.07) is 7.10. The molecule has 2 aliphatic rings. The Hall–Kier alpha value is -2.08. The van der Waals surface area contributed by atoms with E-state index in [1.54, 1.807) is 12.1 Å². The summed E-state index contributed by atoms with van der Waals surface area (Å²) in [6.45, 7) is 11.2. The third kappa shape index (κ3) is 4.80. The molecule has 0 amide bonds. The molecule has 2 unspecified atom stereocenters. The SMILES string of the molecule is C(OCC1CO1)C1CO1.Cc1c(C)c(C)c(-c2ccccc2O)c(O)c1C. The molecule has 2 N–H and O–H groups in total. The predicted octanol–water partition coefficient (Wildman–Crippen LogP) is 3.80. The number of aromatic hydroxyl groups is 2. The van der Waals surface area contributed by atoms with Gasteiger partial charge in [0.25, 0.3) is 0 Å². The Balaban J connectivity index is 0.000000193. The zero-order valence-corrected chi connectivity index (χ0v) is 16.4. The van der Waals surface area contributed by atoms with Gasteiger partial charge in [-0.15, -0.1) is 0 Å². The summed E-state index contributed by atoms with van der Waals surface area (Å²) in [7, 11) is 0. The average molecular weight is 372 g/mol. The lowest BCUT2D eigenvalue weighted by atomic mass is 9.89. The second kappa shape index (κ2) is 8.30. The fourth-order valence-electron chi connectivity index (χ4n) is 2.97. The lowest BCUT2D eigenvalue weighted by Crippen LogP contribution is -2.06. The summed E-state index contributed by atoms with van der Waals surface area (Å²) in [5.41, 5.74) is 5.55. The first-order chi connectivity index (χ1) is 12.9. The van der Waals surface area contributed by atoms with Crippen molar-refractivity contribution >= 4 is 0 Å². The molecule has 0 saturated carbocycles. The maximum Gasteiger partial charge on any atom is 0.126 e. The minimum Gasteiger partial charge on any atom is -0.507 e. The maximum atomic E-state index is 10.4. The van der Waals surface area contributed by atoms with E-state index in [1.165, 1.54) is 0 Å². The van der Waals surface area contributed by atoms with Crippen LogP contribution in [0.2, 0.25) is 0 Å². The van der Waals surface area contributed by atoms with Crippen molar-refractivity contribution in [3.63, 3.8) is 0 Å². The highest BCUT2D eigenvalue weighted by atomic mass is 16.6. The van der Waals surface area contributed by atoms with Gasteiger partial charge in [0.1, 0.15) is 23.7 Å². The Morgan fingerprint density at radius 3 is 1.89 bits per heavy atom. The van der Waals surface area contributed by atoms with Crippen molar-refractivity contribution in [2.24, 2.45) is 0 Å². The predicted molar refractivity (Wildman–Crippen MR) is 104 cm³/mol. The molecule has 0 aromatic heterocycles. The van der Waals surface area contributed by atoms with E-state index in [9.17, 15) is 10.2 Å². The van der Waals surface area contributed by atoms with Gasteiger partial charge in [-0.25, -0.2) is 0 Å². The van der Waals surface area contributed by atoms with Gasteiger partial charge in [0.2, 0.25) is 0 Å². The topological polar surface area (TPSA) is 74.8 Å². The molecule has 146 valence electrons. The van der Waals surface area contributed by atoms with Crippen LogP contribution in [0.15, 0.2) is 24.3 Å². The molecule has 2 aromatic rings. The van der Waals surface area contributed by atoms with Crippen LogP contribution in [0.4, 0.5) is 0 Å². The Bertz CT molecular complexity index is 766. The number of benzene rings is 2. The van der Waals surface area contributed by atoms with E-state index in [1.807, 2.05) is 39.8 Å². The molecule has 4 rings (SSSR count). The quantitative estimate of drug-likeness (QED) is 0.781. The number of rotatable bonds is 5. The van der Waals surface area contributed by atoms with E-state index in [0.717, 1.165) is 54.2 Å². The molecule has 2 aromatic carbocycles. The largest absolute Gasteiger partial charge is 0.507 e. The molecule has 0 spiro atoms. The minimum absolute atomic E-state index is 0.193. The Labute approximate surface area is 160 Å². The van der Waals surface area contributed by atoms with Crippen molar-refractivity contribution in [2.75, 3.05) is 26.4 Å². The van der Waals surface area contributed by atoms with Crippen LogP contribution in [0.1, 0.15) is 22.3 Å². The zero-order chi connectivity index (χ0) is 19.6. The van der Waals surface area contributed by atoms with Crippen LogP contribution in [0.5, 0.6) is 11.5 Å². The van der Waals surface area contributed by atoms with Crippen molar-refractivity contribution in [1.29, 1.82) is 0 Å². The van der Waals surface area contributed by atoms with Gasteiger partial charge in [0.05, 0.1) is 26.4 Å². The van der Waals surface area contributed by atoms with E-state index >= 15 is 0 Å². The average Bonchev–Trinajstić information content (AvgIpc) is 3.56. The van der Waals surface area contributed by atoms with Gasteiger partial charge in [-0.2, -0.15) is 0 Å². The van der Waals surface area contributed by atoms with E-state index < -0.39 is 0 Å². The fourth-order valence-corrected chi connectivity index (χ4v) is 2.97. The number of epoxide rings is 2. The summed E-state index contributed by atoms with van der Waals surface area (Å²) >= 11 is 0. The highest BCUT2D eigenvalue weighted by Gasteiger charge is 2.26. The minimum atomic E-state index is 0.193. The van der Waals surface area contributed by atoms with Crippen molar-refractivity contribution < 1.29 is 24.4 Å². The first-order valence-electron chi connectivity index (χ1n) is 9.28. The number of ether oxygens (including phenoxy) is 3. The first kappa shape index (κ1) is 19.7. The van der Waals surface area contributed by atoms with E-state index in [4.69, 9.17) is 14.2 Å². The summed E-state index contributed by atoms with van der Waals surface area (Å²) in [5.74, 6) is 0.454. The molecular formula is C22H28O5. The molecule has 0 radical (unpaired) electrons. The highest BCUT2D eigenvalue weighted by Crippen LogP contribution is 2.42. The fraction of sp³-hybridized carbons (Fsp3) is 0.455. The van der Waals surface area contributed by atoms with E-state index in [0.29, 0.717) is 17.8 Å². The third-order valence-electron chi connectivity index (χ3n) is 5.24. The van der Waals surface area contributed by atoms with Gasteiger partial charge >= 0.3 is 0 Å². The molecule has 2 atom stereocenters. The maximum absolute atomic E-state index is 10.4. The van der Waals surface area contributed by atoms with Crippen molar-refractivity contribution in [2.45, 2.75) is 39.9 Å². The van der Waals surface area contributed by atoms with Crippen LogP contribution < -0.4 is 0 Å². The standard InChI is InChI=1S/C16H18O2.C6H10O3/c1-9-10(2)12(4)16(18)15(11(9)3)13-7-5-6-8-14(13)17;1(5-3-8-5)7-2-6-4-9-6/h5-8,17-18H,1-4H3;5-6H,1-4H2. The lowest BCUT2D eigenvalue weighted by Gasteiger charge is -2.18. The number of para-hydroxylation sites is 1. The molecule has 0 aliphatic carbocycles. The summed E-state index contributed by atoms with van der Waals surface area (Å²) in [6.07, 6.45) is 0.785. The van der Waals surface area contributed by atoms with Crippen LogP contribution in [0.25, 0.3) is 11.1 Å². The van der Waals surface area contributed by atoms with Gasteiger partial charge < -0.3 is 24.4 Å². The normalized spacial score (nSPS) is 20.0. The van der Waals surface area contributed by atoms with Gasteiger partial charge in [-0.1, -0.05) is 18.2 Å². The molecule has 0 bridgehead atoms. The third-order valence-corrected chi connectivity index (χ3v) is 5.24. The van der Waals surface area contributed by atoms with Gasteiger partial charge in [0.15, 0.2) is 0 Å². The van der Waals surface area contributed by atoms with Crippen molar-refractivity contribution in [3.8, 4) is 22.6 Å². The van der Waals surface area contributed by atoms with Gasteiger partial charge in [0, 0.05) is 11.1 Å². The lowest BCUT2D eigenvalue weighted by molar-refractivity contribution is 0.102. The molecule has 2 aliphatic heterocycles. The Kier molecular flexibility index (Phi) is 6.05. The summed E-state index contributed by atoms with van der Waals surface area (Å²) < 4.78 is 15.1. The summed E-state index contributed by atoms with van der Waals surface area (Å²) in [5, 5.41) is 20.3. The van der Waals surface area contributed by atoms with Crippen LogP contribution in [0, 0.1) is 27.7 Å². The monoisotopic (exact) mass is 372 g/mol. The van der Waals surface area contributed by atoms with Gasteiger partial charge in [-0.3, -0.25) is 0 Å². The van der Waals surface area contributed by atoms with Crippen LogP contribution in [-0.4, -0.2) is 48.8 Å². The highest BCUT2D eigenvalue weighted by molar-refractivity contribution is 5.81. The molecule has 5 nitrogen and oxygen atoms in total. The number of hydrogen-bond donors (Lipinski definition) is 2. The second-order valence-corrected chi connectivity index (χ2v) is 7.19. The summed E-state index contributed by atoms with van der Waals surface area (Å²) in [4.78, 5) is 0. The Morgan fingerprint density at radius 1 is 0.852 bits per heavy atom. The number of phenolic OH excluding ortho intramolecular Hbond substituents is 2. The molecule has 2 heterocycles. The molecule has 2 fully saturated rings. The van der Waals surface area contributed by atoms with E-state index in [-0.39, 0.29) is 11.5 Å². The van der Waals surface area contributed by atoms with Crippen molar-refractivity contribution in [3.05, 3.63) is 46.5 Å². The smallest absolute Gasteiger partial charge is 0.126 e. The first-order valence-corrected chi connectivity index (χ1v) is 9.28. The van der Waals surface area contributed by atoms with E-state index in [2.05, 4.69) is 0 Å². The van der Waals surface area contributed by atoms with Gasteiger partial charge in [-0.05, 0) is 56.0 Å². The second-order valence-electron chi connectivity index (χ2n) is 7.19. The Morgan fingerprint density at radius 2 is 1.37 bits per heavy atom. The van der Waals surface area contributed by atoms with Crippen LogP contribution >= 0.6 is 0 Å². The zero-order valence-electron chi connectivity index (χ0n) is 16.4. The molecule has 5 heteroatoms. The van der Waals surface area contributed by atoms with Crippen LogP contribution in [-0.2, 0) is 14.2 Å². The van der Waals surface area contributed by atoms with Crippen molar-refractivity contribution in [1.82, 2.24) is 0 Å². The van der Waals surface area contributed by atoms with Crippen LogP contribution in [0.3, 0.4) is 0 Å². The number of phenols is 2. The molecule has 27 heavy (non-hydrogen) atoms. The number of hydrogen-bond acceptors (Lipinski definition) is 5. The molecular weight excluding hydrogens is 344 g/mol. The molecule has 2 saturated heterocycles.